The maximum absolute atomic E-state index is 13.0. The van der Waals surface area contributed by atoms with Crippen molar-refractivity contribution in [3.05, 3.63) is 73.9 Å². The lowest BCUT2D eigenvalue weighted by Gasteiger charge is -2.52. The molecule has 3 aliphatic heterocycles. The lowest BCUT2D eigenvalue weighted by atomic mass is 9.90. The van der Waals surface area contributed by atoms with Crippen LogP contribution in [0.2, 0.25) is 22.2 Å². The van der Waals surface area contributed by atoms with Gasteiger partial charge < -0.3 is 58.1 Å². The molecule has 0 saturated carbocycles. The van der Waals surface area contributed by atoms with Crippen molar-refractivity contribution >= 4 is 57.3 Å². The monoisotopic (exact) mass is 1020 g/mol. The number of aliphatic hydroxyl groups is 4. The van der Waals surface area contributed by atoms with Gasteiger partial charge in [-0.25, -0.2) is 9.97 Å². The zero-order valence-electron chi connectivity index (χ0n) is 41.9. The van der Waals surface area contributed by atoms with E-state index in [-0.39, 0.29) is 76.8 Å². The number of ether oxygens (including phenoxy) is 4. The number of nitrogens with zero attached hydrogens (tertiary/aromatic N) is 8. The van der Waals surface area contributed by atoms with Crippen LogP contribution in [0.25, 0.3) is 22.3 Å². The van der Waals surface area contributed by atoms with Gasteiger partial charge in [0, 0.05) is 18.4 Å². The van der Waals surface area contributed by atoms with Gasteiger partial charge in [-0.1, -0.05) is 85.7 Å². The van der Waals surface area contributed by atoms with Gasteiger partial charge in [0.1, 0.15) is 35.6 Å². The van der Waals surface area contributed by atoms with Crippen molar-refractivity contribution in [1.82, 2.24) is 39.0 Å². The Kier molecular flexibility index (Phi) is 15.9. The van der Waals surface area contributed by atoms with Gasteiger partial charge in [0.2, 0.25) is 23.7 Å². The van der Waals surface area contributed by atoms with Gasteiger partial charge in [-0.05, 0) is 34.3 Å². The van der Waals surface area contributed by atoms with E-state index in [1.807, 2.05) is 6.07 Å². The minimum absolute atomic E-state index is 0.0184. The van der Waals surface area contributed by atoms with Crippen LogP contribution in [-0.4, -0.2) is 146 Å². The average molecular weight is 1020 g/mol. The number of imidazole rings is 2. The van der Waals surface area contributed by atoms with Crippen LogP contribution in [0.1, 0.15) is 91.0 Å². The van der Waals surface area contributed by atoms with E-state index in [2.05, 4.69) is 104 Å². The first kappa shape index (κ1) is 53.5. The number of carbonyl (C=O) groups is 1. The fraction of sp³-hybridized carbons (Fsp3) is 0.553. The quantitative estimate of drug-likeness (QED) is 0.0579. The average Bonchev–Trinajstić information content (AvgIpc) is 4.07. The number of methoxy groups -OCH3 is 2. The van der Waals surface area contributed by atoms with Gasteiger partial charge >= 0.3 is 17.1 Å². The molecule has 1 amide bonds. The molecule has 386 valence electrons. The summed E-state index contributed by atoms with van der Waals surface area (Å²) in [7, 11) is -3.03. The number of amides is 1. The molecular weight excluding hydrogens is 953 g/mol. The van der Waals surface area contributed by atoms with E-state index in [1.165, 1.54) is 37.5 Å². The molecule has 0 aliphatic carbocycles. The minimum Gasteiger partial charge on any atom is -0.479 e. The highest BCUT2D eigenvalue weighted by molar-refractivity contribution is 6.84. The van der Waals surface area contributed by atoms with Crippen molar-refractivity contribution in [1.29, 1.82) is 0 Å². The van der Waals surface area contributed by atoms with Crippen molar-refractivity contribution in [2.75, 3.05) is 38.5 Å². The van der Waals surface area contributed by atoms with Gasteiger partial charge in [-0.15, -0.1) is 13.2 Å². The number of hydrogen-bond donors (Lipinski definition) is 6. The smallest absolute Gasteiger partial charge is 0.335 e. The summed E-state index contributed by atoms with van der Waals surface area (Å²) in [6.45, 7) is 24.5. The van der Waals surface area contributed by atoms with E-state index < -0.39 is 71.8 Å². The number of rotatable bonds is 15. The molecule has 0 radical (unpaired) electrons. The Hall–Kier alpha value is -5.26. The Morgan fingerprint density at radius 3 is 1.90 bits per heavy atom. The number of carbonyl (C=O) groups excluding carboxylic acids is 1. The molecule has 22 nitrogen and oxygen atoms in total. The number of hydrogen-bond acceptors (Lipinski definition) is 19. The number of aliphatic hydroxyl groups excluding tert-OH is 2. The Morgan fingerprint density at radius 1 is 0.831 bits per heavy atom. The molecule has 0 bridgehead atoms. The summed E-state index contributed by atoms with van der Waals surface area (Å²) in [6.07, 6.45) is 0.480. The third-order valence-corrected chi connectivity index (χ3v) is 23.8. The second kappa shape index (κ2) is 21.1. The molecule has 5 aromatic rings. The second-order valence-electron chi connectivity index (χ2n) is 19.3. The fourth-order valence-corrected chi connectivity index (χ4v) is 21.2. The Balaban J connectivity index is 0.000000258. The van der Waals surface area contributed by atoms with Crippen molar-refractivity contribution in [3.63, 3.8) is 0 Å². The van der Waals surface area contributed by atoms with Crippen LogP contribution >= 0.6 is 0 Å². The molecule has 24 heteroatoms. The van der Waals surface area contributed by atoms with E-state index in [4.69, 9.17) is 37.6 Å². The van der Waals surface area contributed by atoms with Gasteiger partial charge in [0.05, 0.1) is 40.1 Å². The molecule has 8 rings (SSSR count). The molecule has 0 spiro atoms. The molecular formula is C47H68N10O12Si2. The first-order valence-electron chi connectivity index (χ1n) is 23.7. The number of anilines is 2. The van der Waals surface area contributed by atoms with Crippen molar-refractivity contribution in [3.8, 4) is 11.8 Å². The van der Waals surface area contributed by atoms with Crippen LogP contribution < -0.4 is 20.5 Å². The van der Waals surface area contributed by atoms with Crippen LogP contribution in [0.5, 0.6) is 11.8 Å². The predicted molar refractivity (Wildman–Crippen MR) is 267 cm³/mol. The highest BCUT2D eigenvalue weighted by Gasteiger charge is 2.66. The number of aromatic nitrogens is 8. The van der Waals surface area contributed by atoms with E-state index in [1.54, 1.807) is 34.9 Å². The molecule has 4 unspecified atom stereocenters. The van der Waals surface area contributed by atoms with Crippen molar-refractivity contribution < 1.29 is 57.1 Å². The molecule has 1 aromatic carbocycles. The first-order valence-corrected chi connectivity index (χ1v) is 27.6. The SMILES string of the molecule is C=CC[C@]1(O)C(n2cnc3c(OC)nc(N)nc32)OC(CO)[C@H]1O.C=CC[C@]1(O)C(n2cnc3c(OC)nc(NC(=O)c4ccccc4)nc32)OC2CO[Si](C(C)C)(C(C)C)O[Si](C(C)C)(C(C)C)O[C@H]21. The van der Waals surface area contributed by atoms with E-state index in [0.717, 1.165) is 0 Å². The molecule has 3 saturated heterocycles. The summed E-state index contributed by atoms with van der Waals surface area (Å²) in [5, 5.41) is 46.1. The van der Waals surface area contributed by atoms with Crippen LogP contribution in [0, 0.1) is 0 Å². The summed E-state index contributed by atoms with van der Waals surface area (Å²) < 4.78 is 47.7. The lowest BCUT2D eigenvalue weighted by molar-refractivity contribution is -0.105. The van der Waals surface area contributed by atoms with Crippen LogP contribution in [0.3, 0.4) is 0 Å². The zero-order chi connectivity index (χ0) is 51.8. The van der Waals surface area contributed by atoms with Gasteiger partial charge in [0.15, 0.2) is 34.8 Å². The molecule has 4 aromatic heterocycles. The second-order valence-corrected chi connectivity index (χ2v) is 28.1. The van der Waals surface area contributed by atoms with Crippen LogP contribution in [0.15, 0.2) is 68.3 Å². The number of nitrogens with two attached hydrogens (primary N) is 1. The standard InChI is InChI=1S/C33H49N5O7Si2.C14H19N5O5/c1-11-17-33(40)27-25(18-42-46(20(2)3,21(4)5)45-47(44-27,22(6)7)23(8)9)43-31(33)38-19-34-26-28(38)35-32(37-30(26)41-10)36-29(39)24-15-13-12-14-16-24;1-3-4-14(22)9(21)7(5-20)24-12(14)19-6-16-8-10(19)17-13(15)18-11(8)23-2/h11-16,19-23,25,27,31,40H,1,17-18H2,2-10H3,(H,35,36,37,39);3,6-7,9,12,20-22H,1,4-5H2,2H3,(H2,15,17,18)/t25?,27-,31?,33-;7?,9-,12?,14-/m11/s1. The largest absolute Gasteiger partial charge is 0.479 e. The van der Waals surface area contributed by atoms with Crippen molar-refractivity contribution in [2.24, 2.45) is 0 Å². The molecule has 8 atom stereocenters. The maximum atomic E-state index is 13.0. The van der Waals surface area contributed by atoms with Crippen LogP contribution in [0.4, 0.5) is 11.9 Å². The summed E-state index contributed by atoms with van der Waals surface area (Å²) in [5.41, 5.74) is 4.51. The number of fused-ring (bicyclic) bond motifs is 3. The number of benzene rings is 1. The third kappa shape index (κ3) is 9.51. The zero-order valence-corrected chi connectivity index (χ0v) is 43.9. The Labute approximate surface area is 414 Å². The van der Waals surface area contributed by atoms with Gasteiger partial charge in [-0.2, -0.15) is 19.9 Å². The molecule has 7 N–H and O–H groups in total. The van der Waals surface area contributed by atoms with E-state index >= 15 is 0 Å². The Morgan fingerprint density at radius 2 is 1.37 bits per heavy atom. The first-order chi connectivity index (χ1) is 33.7. The summed E-state index contributed by atoms with van der Waals surface area (Å²) in [6, 6.07) is 8.78. The minimum atomic E-state index is -3.08. The summed E-state index contributed by atoms with van der Waals surface area (Å²) in [5.74, 6) is -0.0534. The number of nitrogen functional groups attached to an aromatic ring is 1. The highest BCUT2D eigenvalue weighted by Crippen LogP contribution is 2.52. The summed E-state index contributed by atoms with van der Waals surface area (Å²) in [4.78, 5) is 38.8. The molecule has 3 fully saturated rings. The van der Waals surface area contributed by atoms with Gasteiger partial charge in [0.25, 0.3) is 5.91 Å². The molecule has 71 heavy (non-hydrogen) atoms. The van der Waals surface area contributed by atoms with Crippen LogP contribution in [-0.2, 0) is 22.4 Å². The molecule has 3 aliphatic rings. The fourth-order valence-electron chi connectivity index (χ4n) is 9.97. The highest BCUT2D eigenvalue weighted by atomic mass is 28.5. The molecule has 7 heterocycles. The topological polar surface area (TPSA) is 288 Å². The normalized spacial score (nSPS) is 27.1. The summed E-state index contributed by atoms with van der Waals surface area (Å²) >= 11 is 0. The number of nitrogens with one attached hydrogen (secondary N) is 1. The van der Waals surface area contributed by atoms with Crippen molar-refractivity contribution in [2.45, 2.75) is 138 Å². The van der Waals surface area contributed by atoms with E-state index in [0.29, 0.717) is 22.2 Å². The third-order valence-electron chi connectivity index (χ3n) is 13.6. The van der Waals surface area contributed by atoms with Gasteiger partial charge in [-0.3, -0.25) is 19.2 Å². The maximum Gasteiger partial charge on any atom is 0.335 e. The predicted octanol–water partition coefficient (Wildman–Crippen LogP) is 5.22. The Bertz CT molecular complexity index is 2670. The van der Waals surface area contributed by atoms with E-state index in [9.17, 15) is 25.2 Å². The lowest BCUT2D eigenvalue weighted by Crippen LogP contribution is -2.67.